The third-order valence-corrected chi connectivity index (χ3v) is 7.17. The second-order valence-corrected chi connectivity index (χ2v) is 9.26. The quantitative estimate of drug-likeness (QED) is 0.338. The van der Waals surface area contributed by atoms with Gasteiger partial charge in [-0.1, -0.05) is 37.5 Å². The van der Waals surface area contributed by atoms with Gasteiger partial charge in [0.05, 0.1) is 11.5 Å². The molecule has 2 atom stereocenters. The van der Waals surface area contributed by atoms with Crippen molar-refractivity contribution in [2.75, 3.05) is 0 Å². The number of hydrogen-bond donors (Lipinski definition) is 0. The monoisotopic (exact) mass is 390 g/mol. The Hall–Kier alpha value is -1.54. The number of rotatable bonds is 7. The normalized spacial score (nSPS) is 19.5. The lowest BCUT2D eigenvalue weighted by atomic mass is 9.67. The van der Waals surface area contributed by atoms with E-state index >= 15 is 0 Å². The fraction of sp³-hybridized carbons (Fsp3) is 0.636. The highest BCUT2D eigenvalue weighted by atomic mass is 31.1. The Morgan fingerprint density at radius 2 is 1.70 bits per heavy atom. The van der Waals surface area contributed by atoms with Crippen molar-refractivity contribution in [3.63, 3.8) is 0 Å². The molecule has 4 nitrogen and oxygen atoms in total. The summed E-state index contributed by atoms with van der Waals surface area (Å²) in [5.74, 6) is -0.604. The highest BCUT2D eigenvalue weighted by Crippen LogP contribution is 2.55. The summed E-state index contributed by atoms with van der Waals surface area (Å²) in [6.45, 7) is 11.2. The third-order valence-electron chi connectivity index (χ3n) is 6.19. The molecule has 0 aromatic heterocycles. The van der Waals surface area contributed by atoms with Crippen LogP contribution >= 0.6 is 8.46 Å². The Labute approximate surface area is 164 Å². The van der Waals surface area contributed by atoms with Gasteiger partial charge in [0.15, 0.2) is 19.4 Å². The molecule has 1 aliphatic rings. The predicted molar refractivity (Wildman–Crippen MR) is 108 cm³/mol. The van der Waals surface area contributed by atoms with Crippen LogP contribution in [0.2, 0.25) is 0 Å². The van der Waals surface area contributed by atoms with E-state index in [0.29, 0.717) is 24.8 Å². The van der Waals surface area contributed by atoms with Gasteiger partial charge in [-0.3, -0.25) is 14.2 Å². The molecule has 2 unspecified atom stereocenters. The summed E-state index contributed by atoms with van der Waals surface area (Å²) in [6, 6.07) is 3.99. The summed E-state index contributed by atoms with van der Waals surface area (Å²) >= 11 is 0. The zero-order chi connectivity index (χ0) is 20.4. The van der Waals surface area contributed by atoms with E-state index in [1.807, 2.05) is 46.8 Å². The number of carbonyl (C=O) groups is 2. The zero-order valence-electron chi connectivity index (χ0n) is 17.3. The van der Waals surface area contributed by atoms with Gasteiger partial charge in [0.2, 0.25) is 0 Å². The zero-order valence-corrected chi connectivity index (χ0v) is 18.2. The largest absolute Gasteiger partial charge is 0.462 e. The number of benzene rings is 1. The van der Waals surface area contributed by atoms with Crippen molar-refractivity contribution in [1.29, 1.82) is 0 Å². The van der Waals surface area contributed by atoms with Crippen molar-refractivity contribution in [1.82, 2.24) is 0 Å². The Kier molecular flexibility index (Phi) is 6.63. The molecule has 0 N–H and O–H groups in total. The smallest absolute Gasteiger partial charge is 0.324 e. The summed E-state index contributed by atoms with van der Waals surface area (Å²) in [5, 5.41) is -1.38. The number of ether oxygens (including phenoxy) is 1. The van der Waals surface area contributed by atoms with Crippen LogP contribution in [0.1, 0.15) is 79.9 Å². The van der Waals surface area contributed by atoms with Crippen molar-refractivity contribution in [2.45, 2.75) is 84.9 Å². The fourth-order valence-electron chi connectivity index (χ4n) is 4.39. The molecular weight excluding hydrogens is 359 g/mol. The second-order valence-electron chi connectivity index (χ2n) is 8.18. The third kappa shape index (κ3) is 3.74. The topological polar surface area (TPSA) is 60.4 Å². The van der Waals surface area contributed by atoms with Crippen LogP contribution in [0.15, 0.2) is 12.1 Å². The molecule has 0 heterocycles. The number of esters is 1. The lowest BCUT2D eigenvalue weighted by Gasteiger charge is -2.40. The van der Waals surface area contributed by atoms with Crippen LogP contribution < -0.4 is 0 Å². The van der Waals surface area contributed by atoms with E-state index in [1.165, 1.54) is 0 Å². The van der Waals surface area contributed by atoms with E-state index in [4.69, 9.17) is 4.74 Å². The van der Waals surface area contributed by atoms with E-state index in [2.05, 4.69) is 0 Å². The van der Waals surface area contributed by atoms with Crippen molar-refractivity contribution in [3.8, 4) is 0 Å². The highest BCUT2D eigenvalue weighted by Gasteiger charge is 2.61. The van der Waals surface area contributed by atoms with Crippen LogP contribution in [0.25, 0.3) is 0 Å². The fourth-order valence-corrected chi connectivity index (χ4v) is 5.02. The molecule has 0 radical (unpaired) electrons. The first-order valence-electron chi connectivity index (χ1n) is 9.81. The second kappa shape index (κ2) is 8.22. The van der Waals surface area contributed by atoms with Gasteiger partial charge in [-0.15, -0.1) is 0 Å². The first-order chi connectivity index (χ1) is 12.6. The predicted octanol–water partition coefficient (Wildman–Crippen LogP) is 5.75. The van der Waals surface area contributed by atoms with Gasteiger partial charge in [0, 0.05) is 5.56 Å². The van der Waals surface area contributed by atoms with Crippen molar-refractivity contribution in [3.05, 3.63) is 34.4 Å². The van der Waals surface area contributed by atoms with Crippen molar-refractivity contribution < 1.29 is 18.9 Å². The maximum absolute atomic E-state index is 13.8. The standard InChI is InChI=1S/C22H31O4P/c1-7-17(5)26-20(24)21(6,27-25)22(10-8-9-11-22)19(23)18-15(3)12-14(2)13-16(18)4/h12-13,17H,7-11H2,1-6H3. The highest BCUT2D eigenvalue weighted by molar-refractivity contribution is 7.28. The molecule has 0 amide bonds. The number of Topliss-reactive ketones (excluding diaryl/α,β-unsaturated/α-hetero) is 1. The van der Waals surface area contributed by atoms with Gasteiger partial charge in [-0.2, -0.15) is 0 Å². The minimum Gasteiger partial charge on any atom is -0.462 e. The summed E-state index contributed by atoms with van der Waals surface area (Å²) in [5.41, 5.74) is 2.58. The first kappa shape index (κ1) is 21.8. The van der Waals surface area contributed by atoms with Crippen LogP contribution in [0, 0.1) is 26.2 Å². The van der Waals surface area contributed by atoms with Crippen LogP contribution in [0.4, 0.5) is 0 Å². The van der Waals surface area contributed by atoms with Crippen LogP contribution in [-0.2, 0) is 14.1 Å². The number of aryl methyl sites for hydroxylation is 3. The molecule has 0 saturated heterocycles. The summed E-state index contributed by atoms with van der Waals surface area (Å²) in [7, 11) is -0.353. The van der Waals surface area contributed by atoms with Gasteiger partial charge < -0.3 is 4.74 Å². The number of ketones is 1. The van der Waals surface area contributed by atoms with Crippen molar-refractivity contribution in [2.24, 2.45) is 5.41 Å². The van der Waals surface area contributed by atoms with E-state index in [-0.39, 0.29) is 20.3 Å². The molecule has 1 aliphatic carbocycles. The molecule has 1 saturated carbocycles. The van der Waals surface area contributed by atoms with Gasteiger partial charge in [0.1, 0.15) is 0 Å². The lowest BCUT2D eigenvalue weighted by Crippen LogP contribution is -2.52. The van der Waals surface area contributed by atoms with Crippen molar-refractivity contribution >= 4 is 20.2 Å². The van der Waals surface area contributed by atoms with Gasteiger partial charge in [0.25, 0.3) is 0 Å². The number of carbonyl (C=O) groups excluding carboxylic acids is 2. The van der Waals surface area contributed by atoms with Crippen LogP contribution in [0.3, 0.4) is 0 Å². The van der Waals surface area contributed by atoms with Gasteiger partial charge >= 0.3 is 5.97 Å². The van der Waals surface area contributed by atoms with Crippen LogP contribution in [-0.4, -0.2) is 23.0 Å². The molecule has 0 aliphatic heterocycles. The number of hydrogen-bond acceptors (Lipinski definition) is 4. The molecule has 2 rings (SSSR count). The molecular formula is C22H31O4P. The average molecular weight is 390 g/mol. The molecule has 27 heavy (non-hydrogen) atoms. The van der Waals surface area contributed by atoms with E-state index in [1.54, 1.807) is 6.92 Å². The SMILES string of the molecule is CCC(C)OC(=O)C(C)(P=O)C1(C(=O)c2c(C)cc(C)cc2C)CCCC1. The Morgan fingerprint density at radius 3 is 2.15 bits per heavy atom. The van der Waals surface area contributed by atoms with Crippen LogP contribution in [0.5, 0.6) is 0 Å². The van der Waals surface area contributed by atoms with Gasteiger partial charge in [-0.05, 0) is 65.0 Å². The molecule has 148 valence electrons. The molecule has 0 spiro atoms. The summed E-state index contributed by atoms with van der Waals surface area (Å²) in [6.07, 6.45) is 3.21. The van der Waals surface area contributed by atoms with E-state index in [0.717, 1.165) is 29.5 Å². The molecule has 1 aromatic rings. The maximum atomic E-state index is 13.8. The van der Waals surface area contributed by atoms with E-state index < -0.39 is 16.5 Å². The molecule has 1 aromatic carbocycles. The summed E-state index contributed by atoms with van der Waals surface area (Å²) in [4.78, 5) is 26.9. The minimum atomic E-state index is -1.38. The lowest BCUT2D eigenvalue weighted by molar-refractivity contribution is -0.154. The molecule has 5 heteroatoms. The summed E-state index contributed by atoms with van der Waals surface area (Å²) < 4.78 is 17.9. The minimum absolute atomic E-state index is 0.0676. The first-order valence-corrected chi connectivity index (χ1v) is 10.6. The van der Waals surface area contributed by atoms with Gasteiger partial charge in [-0.25, -0.2) is 0 Å². The Bertz CT molecular complexity index is 726. The Balaban J connectivity index is 2.58. The van der Waals surface area contributed by atoms with E-state index in [9.17, 15) is 14.2 Å². The maximum Gasteiger partial charge on any atom is 0.324 e. The molecule has 1 fully saturated rings. The Morgan fingerprint density at radius 1 is 1.19 bits per heavy atom. The molecule has 0 bridgehead atoms. The average Bonchev–Trinajstić information content (AvgIpc) is 3.11.